The molecule has 82 valence electrons. The lowest BCUT2D eigenvalue weighted by Crippen LogP contribution is -2.29. The van der Waals surface area contributed by atoms with Gasteiger partial charge in [-0.25, -0.2) is 8.42 Å². The molecule has 5 nitrogen and oxygen atoms in total. The van der Waals surface area contributed by atoms with Gasteiger partial charge in [-0.15, -0.1) is 0 Å². The minimum Gasteiger partial charge on any atom is -0.392 e. The molecule has 1 fully saturated rings. The second-order valence-electron chi connectivity index (χ2n) is 3.49. The molecule has 0 spiro atoms. The van der Waals surface area contributed by atoms with E-state index in [0.29, 0.717) is 13.0 Å². The largest absolute Gasteiger partial charge is 0.392 e. The molecule has 0 radical (unpaired) electrons. The van der Waals surface area contributed by atoms with Crippen LogP contribution in [0.1, 0.15) is 6.42 Å². The van der Waals surface area contributed by atoms with Crippen LogP contribution in [0.2, 0.25) is 0 Å². The van der Waals surface area contributed by atoms with Crippen molar-refractivity contribution in [3.63, 3.8) is 0 Å². The Bertz CT molecular complexity index is 432. The summed E-state index contributed by atoms with van der Waals surface area (Å²) in [5.41, 5.74) is 0. The van der Waals surface area contributed by atoms with Crippen LogP contribution in [0.3, 0.4) is 0 Å². The highest BCUT2D eigenvalue weighted by molar-refractivity contribution is 7.89. The fourth-order valence-corrected chi connectivity index (χ4v) is 3.03. The van der Waals surface area contributed by atoms with Crippen molar-refractivity contribution in [3.05, 3.63) is 24.5 Å². The van der Waals surface area contributed by atoms with Gasteiger partial charge in [-0.2, -0.15) is 4.31 Å². The van der Waals surface area contributed by atoms with Crippen LogP contribution in [0.15, 0.2) is 29.4 Å². The van der Waals surface area contributed by atoms with Gasteiger partial charge in [-0.1, -0.05) is 0 Å². The zero-order chi connectivity index (χ0) is 10.9. The lowest BCUT2D eigenvalue weighted by Gasteiger charge is -2.14. The molecular weight excluding hydrogens is 216 g/mol. The number of hydrogen-bond donors (Lipinski definition) is 1. The van der Waals surface area contributed by atoms with Crippen molar-refractivity contribution in [1.29, 1.82) is 0 Å². The van der Waals surface area contributed by atoms with Gasteiger partial charge in [-0.05, 0) is 18.6 Å². The number of nitrogens with zero attached hydrogens (tertiary/aromatic N) is 2. The Morgan fingerprint density at radius 2 is 2.33 bits per heavy atom. The molecular formula is C9H12N2O3S. The highest BCUT2D eigenvalue weighted by atomic mass is 32.2. The molecule has 0 unspecified atom stereocenters. The van der Waals surface area contributed by atoms with E-state index in [2.05, 4.69) is 4.98 Å². The molecule has 0 bridgehead atoms. The number of pyridine rings is 1. The Labute approximate surface area is 88.4 Å². The van der Waals surface area contributed by atoms with Crippen LogP contribution >= 0.6 is 0 Å². The van der Waals surface area contributed by atoms with Gasteiger partial charge in [0.1, 0.15) is 4.90 Å². The lowest BCUT2D eigenvalue weighted by atomic mass is 10.3. The maximum absolute atomic E-state index is 12.0. The Hall–Kier alpha value is -0.980. The molecule has 0 amide bonds. The van der Waals surface area contributed by atoms with E-state index in [4.69, 9.17) is 0 Å². The first-order chi connectivity index (χ1) is 7.10. The van der Waals surface area contributed by atoms with Crippen molar-refractivity contribution in [2.45, 2.75) is 17.4 Å². The molecule has 1 aromatic rings. The molecule has 1 aromatic heterocycles. The van der Waals surface area contributed by atoms with Crippen LogP contribution in [0, 0.1) is 0 Å². The van der Waals surface area contributed by atoms with Gasteiger partial charge in [0, 0.05) is 25.5 Å². The van der Waals surface area contributed by atoms with E-state index < -0.39 is 16.1 Å². The quantitative estimate of drug-likeness (QED) is 0.763. The number of hydrogen-bond acceptors (Lipinski definition) is 4. The normalized spacial score (nSPS) is 23.1. The standard InChI is InChI=1S/C9H12N2O3S/c12-8-3-5-11(7-8)15(13,14)9-2-1-4-10-6-9/h1-2,4,6,8,12H,3,5,7H2/t8-/m0/s1. The van der Waals surface area contributed by atoms with Gasteiger partial charge >= 0.3 is 0 Å². The summed E-state index contributed by atoms with van der Waals surface area (Å²) in [5.74, 6) is 0. The van der Waals surface area contributed by atoms with Crippen LogP contribution < -0.4 is 0 Å². The van der Waals surface area contributed by atoms with E-state index in [1.165, 1.54) is 22.8 Å². The number of β-amino-alcohol motifs (C(OH)–C–C–N with tert-alkyl or cyclic N) is 1. The van der Waals surface area contributed by atoms with Crippen molar-refractivity contribution in [2.24, 2.45) is 0 Å². The zero-order valence-electron chi connectivity index (χ0n) is 8.07. The van der Waals surface area contributed by atoms with Gasteiger partial charge < -0.3 is 5.11 Å². The molecule has 6 heteroatoms. The minimum absolute atomic E-state index is 0.178. The number of rotatable bonds is 2. The smallest absolute Gasteiger partial charge is 0.244 e. The highest BCUT2D eigenvalue weighted by Gasteiger charge is 2.31. The second-order valence-corrected chi connectivity index (χ2v) is 5.43. The predicted molar refractivity (Wildman–Crippen MR) is 53.6 cm³/mol. The van der Waals surface area contributed by atoms with E-state index in [0.717, 1.165) is 0 Å². The van der Waals surface area contributed by atoms with Crippen LogP contribution in [-0.2, 0) is 10.0 Å². The van der Waals surface area contributed by atoms with Crippen molar-refractivity contribution in [2.75, 3.05) is 13.1 Å². The first kappa shape index (κ1) is 10.5. The number of aromatic nitrogens is 1. The van der Waals surface area contributed by atoms with Crippen molar-refractivity contribution >= 4 is 10.0 Å². The van der Waals surface area contributed by atoms with E-state index in [-0.39, 0.29) is 11.4 Å². The van der Waals surface area contributed by atoms with Gasteiger partial charge in [0.2, 0.25) is 10.0 Å². The molecule has 1 saturated heterocycles. The molecule has 2 rings (SSSR count). The highest BCUT2D eigenvalue weighted by Crippen LogP contribution is 2.19. The van der Waals surface area contributed by atoms with Gasteiger partial charge in [0.15, 0.2) is 0 Å². The fraction of sp³-hybridized carbons (Fsp3) is 0.444. The minimum atomic E-state index is -3.46. The summed E-state index contributed by atoms with van der Waals surface area (Å²) in [5, 5.41) is 9.29. The van der Waals surface area contributed by atoms with Crippen LogP contribution in [0.4, 0.5) is 0 Å². The summed E-state index contributed by atoms with van der Waals surface area (Å²) < 4.78 is 25.2. The van der Waals surface area contributed by atoms with Gasteiger partial charge in [-0.3, -0.25) is 4.98 Å². The predicted octanol–water partition coefficient (Wildman–Crippen LogP) is -0.163. The first-order valence-corrected chi connectivity index (χ1v) is 6.13. The lowest BCUT2D eigenvalue weighted by molar-refractivity contribution is 0.189. The summed E-state index contributed by atoms with van der Waals surface area (Å²) in [6, 6.07) is 3.09. The molecule has 1 aliphatic heterocycles. The molecule has 1 aliphatic rings. The summed E-state index contributed by atoms with van der Waals surface area (Å²) in [6.45, 7) is 0.551. The Morgan fingerprint density at radius 1 is 1.53 bits per heavy atom. The number of aliphatic hydroxyl groups excluding tert-OH is 1. The average molecular weight is 228 g/mol. The summed E-state index contributed by atoms with van der Waals surface area (Å²) in [6.07, 6.45) is 2.80. The average Bonchev–Trinajstić information content (AvgIpc) is 2.67. The maximum atomic E-state index is 12.0. The van der Waals surface area contributed by atoms with Crippen molar-refractivity contribution in [1.82, 2.24) is 9.29 Å². The molecule has 0 aliphatic carbocycles. The summed E-state index contributed by atoms with van der Waals surface area (Å²) in [7, 11) is -3.46. The molecule has 1 N–H and O–H groups in total. The third-order valence-corrected chi connectivity index (χ3v) is 4.25. The Morgan fingerprint density at radius 3 is 2.87 bits per heavy atom. The van der Waals surface area contributed by atoms with E-state index in [9.17, 15) is 13.5 Å². The molecule has 0 saturated carbocycles. The fourth-order valence-electron chi connectivity index (χ4n) is 1.58. The number of sulfonamides is 1. The van der Waals surface area contributed by atoms with E-state index >= 15 is 0 Å². The van der Waals surface area contributed by atoms with Crippen LogP contribution in [-0.4, -0.2) is 42.0 Å². The summed E-state index contributed by atoms with van der Waals surface area (Å²) >= 11 is 0. The van der Waals surface area contributed by atoms with Crippen molar-refractivity contribution in [3.8, 4) is 0 Å². The van der Waals surface area contributed by atoms with Crippen LogP contribution in [0.25, 0.3) is 0 Å². The van der Waals surface area contributed by atoms with E-state index in [1.54, 1.807) is 6.07 Å². The molecule has 0 aromatic carbocycles. The summed E-state index contributed by atoms with van der Waals surface area (Å²) in [4.78, 5) is 3.95. The van der Waals surface area contributed by atoms with Crippen molar-refractivity contribution < 1.29 is 13.5 Å². The zero-order valence-corrected chi connectivity index (χ0v) is 8.89. The SMILES string of the molecule is O=S(=O)(c1cccnc1)N1CC[C@H](O)C1. The van der Waals surface area contributed by atoms with E-state index in [1.807, 2.05) is 0 Å². The Balaban J connectivity index is 2.28. The molecule has 1 atom stereocenters. The maximum Gasteiger partial charge on any atom is 0.244 e. The third kappa shape index (κ3) is 2.01. The third-order valence-electron chi connectivity index (χ3n) is 2.40. The number of aliphatic hydroxyl groups is 1. The van der Waals surface area contributed by atoms with Gasteiger partial charge in [0.25, 0.3) is 0 Å². The second kappa shape index (κ2) is 3.88. The Kier molecular flexibility index (Phi) is 2.72. The van der Waals surface area contributed by atoms with Gasteiger partial charge in [0.05, 0.1) is 6.10 Å². The monoisotopic (exact) mass is 228 g/mol. The molecule has 15 heavy (non-hydrogen) atoms. The van der Waals surface area contributed by atoms with Crippen LogP contribution in [0.5, 0.6) is 0 Å². The topological polar surface area (TPSA) is 70.5 Å². The molecule has 2 heterocycles. The first-order valence-electron chi connectivity index (χ1n) is 4.69.